The van der Waals surface area contributed by atoms with Gasteiger partial charge in [-0.3, -0.25) is 4.79 Å². The highest BCUT2D eigenvalue weighted by molar-refractivity contribution is 5.86. The normalized spacial score (nSPS) is 14.4. The highest BCUT2D eigenvalue weighted by Crippen LogP contribution is 2.05. The predicted octanol–water partition coefficient (Wildman–Crippen LogP) is 1.12. The molecule has 0 heterocycles. The Labute approximate surface area is 103 Å². The van der Waals surface area contributed by atoms with Gasteiger partial charge in [-0.2, -0.15) is 0 Å². The highest BCUT2D eigenvalue weighted by Gasteiger charge is 2.25. The second-order valence-electron chi connectivity index (χ2n) is 4.67. The topological polar surface area (TPSA) is 92.4 Å². The monoisotopic (exact) mass is 244 g/mol. The molecule has 0 aromatic rings. The van der Waals surface area contributed by atoms with E-state index in [2.05, 4.69) is 12.2 Å². The fourth-order valence-corrected chi connectivity index (χ4v) is 1.52. The third-order valence-electron chi connectivity index (χ3n) is 2.69. The molecule has 2 unspecified atom stereocenters. The molecule has 1 amide bonds. The van der Waals surface area contributed by atoms with Crippen LogP contribution in [-0.4, -0.2) is 29.1 Å². The van der Waals surface area contributed by atoms with E-state index in [0.29, 0.717) is 6.42 Å². The zero-order chi connectivity index (χ0) is 13.4. The first-order valence-corrected chi connectivity index (χ1v) is 6.18. The Hall–Kier alpha value is -1.10. The van der Waals surface area contributed by atoms with Crippen molar-refractivity contribution in [2.75, 3.05) is 0 Å². The molecule has 0 saturated heterocycles. The SMILES string of the molecule is CCCCCC(N)C(=O)NC(C(=O)O)C(C)C. The first-order chi connectivity index (χ1) is 7.90. The second-order valence-corrected chi connectivity index (χ2v) is 4.67. The molecule has 0 spiro atoms. The summed E-state index contributed by atoms with van der Waals surface area (Å²) in [7, 11) is 0. The van der Waals surface area contributed by atoms with Crippen LogP contribution in [0.5, 0.6) is 0 Å². The van der Waals surface area contributed by atoms with E-state index in [1.54, 1.807) is 13.8 Å². The molecule has 4 N–H and O–H groups in total. The Bertz CT molecular complexity index is 254. The minimum absolute atomic E-state index is 0.153. The maximum Gasteiger partial charge on any atom is 0.326 e. The van der Waals surface area contributed by atoms with Gasteiger partial charge in [0, 0.05) is 0 Å². The number of unbranched alkanes of at least 4 members (excludes halogenated alkanes) is 2. The van der Waals surface area contributed by atoms with Gasteiger partial charge in [0.2, 0.25) is 5.91 Å². The lowest BCUT2D eigenvalue weighted by atomic mass is 10.0. The van der Waals surface area contributed by atoms with Crippen molar-refractivity contribution in [3.63, 3.8) is 0 Å². The molecule has 0 aliphatic carbocycles. The predicted molar refractivity (Wildman–Crippen MR) is 66.5 cm³/mol. The van der Waals surface area contributed by atoms with E-state index in [1.165, 1.54) is 0 Å². The summed E-state index contributed by atoms with van der Waals surface area (Å²) in [5.74, 6) is -1.55. The molecule has 0 radical (unpaired) electrons. The van der Waals surface area contributed by atoms with Crippen LogP contribution in [0.4, 0.5) is 0 Å². The van der Waals surface area contributed by atoms with Crippen LogP contribution in [0.1, 0.15) is 46.5 Å². The number of hydrogen-bond acceptors (Lipinski definition) is 3. The number of nitrogens with one attached hydrogen (secondary N) is 1. The number of rotatable bonds is 8. The molecular weight excluding hydrogens is 220 g/mol. The lowest BCUT2D eigenvalue weighted by molar-refractivity contribution is -0.143. The number of carboxylic acids is 1. The molecule has 0 fully saturated rings. The van der Waals surface area contributed by atoms with Gasteiger partial charge in [0.25, 0.3) is 0 Å². The maximum absolute atomic E-state index is 11.7. The van der Waals surface area contributed by atoms with Crippen molar-refractivity contribution in [2.24, 2.45) is 11.7 Å². The second kappa shape index (κ2) is 8.06. The van der Waals surface area contributed by atoms with E-state index in [0.717, 1.165) is 19.3 Å². The van der Waals surface area contributed by atoms with Crippen molar-refractivity contribution in [2.45, 2.75) is 58.5 Å². The molecule has 0 aromatic heterocycles. The van der Waals surface area contributed by atoms with Crippen LogP contribution in [0.2, 0.25) is 0 Å². The summed E-state index contributed by atoms with van der Waals surface area (Å²) in [4.78, 5) is 22.6. The molecule has 100 valence electrons. The van der Waals surface area contributed by atoms with Crippen molar-refractivity contribution >= 4 is 11.9 Å². The molecular formula is C12H24N2O3. The molecule has 0 saturated carbocycles. The minimum Gasteiger partial charge on any atom is -0.480 e. The summed E-state index contributed by atoms with van der Waals surface area (Å²) in [5.41, 5.74) is 5.70. The number of carboxylic acid groups (broad SMARTS) is 1. The smallest absolute Gasteiger partial charge is 0.326 e. The Morgan fingerprint density at radius 1 is 1.29 bits per heavy atom. The van der Waals surface area contributed by atoms with Crippen molar-refractivity contribution in [1.29, 1.82) is 0 Å². The molecule has 17 heavy (non-hydrogen) atoms. The number of nitrogens with two attached hydrogens (primary N) is 1. The fraction of sp³-hybridized carbons (Fsp3) is 0.833. The molecule has 5 nitrogen and oxygen atoms in total. The van der Waals surface area contributed by atoms with Crippen LogP contribution in [0.25, 0.3) is 0 Å². The van der Waals surface area contributed by atoms with Crippen molar-refractivity contribution < 1.29 is 14.7 Å². The van der Waals surface area contributed by atoms with Gasteiger partial charge in [0.1, 0.15) is 6.04 Å². The Morgan fingerprint density at radius 3 is 2.29 bits per heavy atom. The third-order valence-corrected chi connectivity index (χ3v) is 2.69. The zero-order valence-electron chi connectivity index (χ0n) is 10.9. The van der Waals surface area contributed by atoms with Gasteiger partial charge >= 0.3 is 5.97 Å². The van der Waals surface area contributed by atoms with Gasteiger partial charge in [-0.05, 0) is 12.3 Å². The molecule has 0 rings (SSSR count). The molecule has 5 heteroatoms. The van der Waals surface area contributed by atoms with Crippen LogP contribution >= 0.6 is 0 Å². The van der Waals surface area contributed by atoms with Gasteiger partial charge < -0.3 is 16.2 Å². The van der Waals surface area contributed by atoms with Gasteiger partial charge in [-0.15, -0.1) is 0 Å². The van der Waals surface area contributed by atoms with Crippen LogP contribution in [0, 0.1) is 5.92 Å². The van der Waals surface area contributed by atoms with Crippen molar-refractivity contribution in [1.82, 2.24) is 5.32 Å². The molecule has 0 bridgehead atoms. The molecule has 0 aromatic carbocycles. The van der Waals surface area contributed by atoms with Gasteiger partial charge in [-0.25, -0.2) is 4.79 Å². The average molecular weight is 244 g/mol. The van der Waals surface area contributed by atoms with E-state index in [1.807, 2.05) is 0 Å². The first kappa shape index (κ1) is 15.9. The first-order valence-electron chi connectivity index (χ1n) is 6.18. The Morgan fingerprint density at radius 2 is 1.88 bits per heavy atom. The summed E-state index contributed by atoms with van der Waals surface area (Å²) in [6.07, 6.45) is 3.60. The van der Waals surface area contributed by atoms with E-state index in [-0.39, 0.29) is 11.8 Å². The van der Waals surface area contributed by atoms with E-state index in [4.69, 9.17) is 10.8 Å². The molecule has 0 aliphatic heterocycles. The average Bonchev–Trinajstić information content (AvgIpc) is 2.24. The molecule has 2 atom stereocenters. The van der Waals surface area contributed by atoms with Gasteiger partial charge in [0.15, 0.2) is 0 Å². The number of hydrogen-bond donors (Lipinski definition) is 3. The minimum atomic E-state index is -1.02. The standard InChI is InChI=1S/C12H24N2O3/c1-4-5-6-7-9(13)11(15)14-10(8(2)3)12(16)17/h8-10H,4-7,13H2,1-3H3,(H,14,15)(H,16,17). The number of aliphatic carboxylic acids is 1. The summed E-state index contributed by atoms with van der Waals surface area (Å²) < 4.78 is 0. The third kappa shape index (κ3) is 6.26. The van der Waals surface area contributed by atoms with Crippen LogP contribution < -0.4 is 11.1 Å². The molecule has 0 aliphatic rings. The summed E-state index contributed by atoms with van der Waals surface area (Å²) in [6, 6.07) is -1.47. The number of carbonyl (C=O) groups excluding carboxylic acids is 1. The quantitative estimate of drug-likeness (QED) is 0.558. The van der Waals surface area contributed by atoms with Gasteiger partial charge in [0.05, 0.1) is 6.04 Å². The lowest BCUT2D eigenvalue weighted by Gasteiger charge is -2.20. The fourth-order valence-electron chi connectivity index (χ4n) is 1.52. The zero-order valence-corrected chi connectivity index (χ0v) is 10.9. The van der Waals surface area contributed by atoms with Crippen LogP contribution in [0.15, 0.2) is 0 Å². The maximum atomic E-state index is 11.7. The van der Waals surface area contributed by atoms with E-state index < -0.39 is 18.1 Å². The van der Waals surface area contributed by atoms with Crippen LogP contribution in [-0.2, 0) is 9.59 Å². The van der Waals surface area contributed by atoms with Crippen molar-refractivity contribution in [3.05, 3.63) is 0 Å². The summed E-state index contributed by atoms with van der Waals surface area (Å²) in [5, 5.41) is 11.4. The van der Waals surface area contributed by atoms with E-state index in [9.17, 15) is 9.59 Å². The van der Waals surface area contributed by atoms with E-state index >= 15 is 0 Å². The lowest BCUT2D eigenvalue weighted by Crippen LogP contribution is -2.50. The van der Waals surface area contributed by atoms with Crippen molar-refractivity contribution in [3.8, 4) is 0 Å². The van der Waals surface area contributed by atoms with Gasteiger partial charge in [-0.1, -0.05) is 40.0 Å². The summed E-state index contributed by atoms with van der Waals surface area (Å²) in [6.45, 7) is 5.58. The van der Waals surface area contributed by atoms with Crippen LogP contribution in [0.3, 0.4) is 0 Å². The number of amides is 1. The Balaban J connectivity index is 4.16. The largest absolute Gasteiger partial charge is 0.480 e. The Kier molecular flexibility index (Phi) is 7.54. The number of carbonyl (C=O) groups is 2. The highest BCUT2D eigenvalue weighted by atomic mass is 16.4. The summed E-state index contributed by atoms with van der Waals surface area (Å²) >= 11 is 0.